The fraction of sp³-hybridized carbons (Fsp3) is 0.267. The van der Waals surface area contributed by atoms with Crippen molar-refractivity contribution in [2.45, 2.75) is 6.54 Å². The van der Waals surface area contributed by atoms with Gasteiger partial charge >= 0.3 is 5.69 Å². The Labute approximate surface area is 141 Å². The van der Waals surface area contributed by atoms with Gasteiger partial charge in [0.25, 0.3) is 5.56 Å². The molecule has 3 aromatic rings. The number of imidazole rings is 1. The molecule has 0 spiro atoms. The number of fused-ring (bicyclic) bond motifs is 1. The number of ether oxygens (including phenoxy) is 1. The molecule has 2 heterocycles. The molecule has 0 unspecified atom stereocenters. The van der Waals surface area contributed by atoms with Crippen molar-refractivity contribution in [1.82, 2.24) is 18.7 Å². The van der Waals surface area contributed by atoms with Crippen LogP contribution in [-0.2, 0) is 20.6 Å². The number of anilines is 1. The molecule has 0 radical (unpaired) electrons. The van der Waals surface area contributed by atoms with Crippen LogP contribution in [-0.4, -0.2) is 25.8 Å². The number of nitrogens with two attached hydrogens (primary N) is 1. The number of hydrogen-bond donors (Lipinski definition) is 1. The topological polar surface area (TPSA) is 97.1 Å². The van der Waals surface area contributed by atoms with E-state index in [4.69, 9.17) is 22.1 Å². The van der Waals surface area contributed by atoms with Crippen LogP contribution in [0.4, 0.5) is 5.95 Å². The predicted octanol–water partition coefficient (Wildman–Crippen LogP) is 0.726. The summed E-state index contributed by atoms with van der Waals surface area (Å²) in [4.78, 5) is 29.3. The van der Waals surface area contributed by atoms with Gasteiger partial charge in [-0.2, -0.15) is 4.98 Å². The van der Waals surface area contributed by atoms with Gasteiger partial charge in [-0.15, -0.1) is 0 Å². The zero-order chi connectivity index (χ0) is 17.6. The number of aromatic nitrogens is 4. The number of hydrogen-bond acceptors (Lipinski definition) is 5. The third kappa shape index (κ3) is 2.35. The van der Waals surface area contributed by atoms with E-state index >= 15 is 0 Å². The van der Waals surface area contributed by atoms with E-state index in [1.807, 2.05) is 0 Å². The highest BCUT2D eigenvalue weighted by Gasteiger charge is 2.17. The maximum Gasteiger partial charge on any atom is 0.332 e. The number of benzene rings is 1. The first-order valence-corrected chi connectivity index (χ1v) is 7.47. The molecule has 1 aromatic carbocycles. The molecule has 3 rings (SSSR count). The van der Waals surface area contributed by atoms with Crippen LogP contribution in [0.1, 0.15) is 5.56 Å². The number of nitrogen functional groups attached to an aromatic ring is 1. The van der Waals surface area contributed by atoms with E-state index in [0.29, 0.717) is 16.3 Å². The van der Waals surface area contributed by atoms with E-state index in [1.54, 1.807) is 32.3 Å². The summed E-state index contributed by atoms with van der Waals surface area (Å²) in [5.41, 5.74) is 6.08. The van der Waals surface area contributed by atoms with Gasteiger partial charge in [0.1, 0.15) is 5.75 Å². The van der Waals surface area contributed by atoms with E-state index in [-0.39, 0.29) is 23.7 Å². The van der Waals surface area contributed by atoms with Gasteiger partial charge in [-0.3, -0.25) is 13.9 Å². The molecule has 126 valence electrons. The molecule has 0 aliphatic heterocycles. The Bertz CT molecular complexity index is 1060. The third-order valence-electron chi connectivity index (χ3n) is 3.95. The van der Waals surface area contributed by atoms with Gasteiger partial charge in [-0.05, 0) is 17.7 Å². The zero-order valence-corrected chi connectivity index (χ0v) is 14.2. The molecule has 0 atom stereocenters. The lowest BCUT2D eigenvalue weighted by Gasteiger charge is -2.10. The summed E-state index contributed by atoms with van der Waals surface area (Å²) in [5.74, 6) is 0.646. The van der Waals surface area contributed by atoms with Gasteiger partial charge in [0.15, 0.2) is 11.2 Å². The molecule has 0 aliphatic rings. The minimum atomic E-state index is -0.473. The second-order valence-corrected chi connectivity index (χ2v) is 5.81. The maximum atomic E-state index is 12.7. The van der Waals surface area contributed by atoms with Crippen LogP contribution in [0.25, 0.3) is 11.2 Å². The predicted molar refractivity (Wildman–Crippen MR) is 91.7 cm³/mol. The average molecular weight is 350 g/mol. The van der Waals surface area contributed by atoms with E-state index in [1.165, 1.54) is 16.2 Å². The Hall–Kier alpha value is -2.74. The molecule has 0 saturated carbocycles. The summed E-state index contributed by atoms with van der Waals surface area (Å²) >= 11 is 6.00. The van der Waals surface area contributed by atoms with Crippen LogP contribution < -0.4 is 21.7 Å². The quantitative estimate of drug-likeness (QED) is 0.751. The van der Waals surface area contributed by atoms with Gasteiger partial charge in [0.2, 0.25) is 5.95 Å². The van der Waals surface area contributed by atoms with Crippen molar-refractivity contribution in [3.63, 3.8) is 0 Å². The summed E-state index contributed by atoms with van der Waals surface area (Å²) in [5, 5.41) is 0.455. The van der Waals surface area contributed by atoms with Crippen molar-refractivity contribution in [3.05, 3.63) is 49.6 Å². The van der Waals surface area contributed by atoms with E-state index in [0.717, 1.165) is 4.57 Å². The Morgan fingerprint density at radius 2 is 1.96 bits per heavy atom. The number of aryl methyl sites for hydroxylation is 2. The monoisotopic (exact) mass is 349 g/mol. The highest BCUT2D eigenvalue weighted by Crippen LogP contribution is 2.25. The molecule has 0 fully saturated rings. The zero-order valence-electron chi connectivity index (χ0n) is 13.4. The number of rotatable bonds is 3. The average Bonchev–Trinajstić information content (AvgIpc) is 2.86. The second kappa shape index (κ2) is 5.72. The summed E-state index contributed by atoms with van der Waals surface area (Å²) < 4.78 is 9.07. The molecule has 8 nitrogen and oxygen atoms in total. The van der Waals surface area contributed by atoms with Gasteiger partial charge in [0, 0.05) is 14.1 Å². The van der Waals surface area contributed by atoms with E-state index < -0.39 is 11.2 Å². The van der Waals surface area contributed by atoms with Crippen molar-refractivity contribution in [2.75, 3.05) is 12.8 Å². The van der Waals surface area contributed by atoms with Crippen molar-refractivity contribution >= 4 is 28.7 Å². The summed E-state index contributed by atoms with van der Waals surface area (Å²) in [7, 11) is 4.68. The molecule has 0 aliphatic carbocycles. The lowest BCUT2D eigenvalue weighted by atomic mass is 10.2. The second-order valence-electron chi connectivity index (χ2n) is 5.40. The number of nitrogens with zero attached hydrogens (tertiary/aromatic N) is 4. The minimum absolute atomic E-state index is 0.0834. The van der Waals surface area contributed by atoms with Crippen molar-refractivity contribution in [1.29, 1.82) is 0 Å². The van der Waals surface area contributed by atoms with Crippen molar-refractivity contribution < 1.29 is 4.74 Å². The SMILES string of the molecule is COc1cc(Cn2c(=O)c3c(nc(N)n3C)n(C)c2=O)ccc1Cl. The first kappa shape index (κ1) is 16.1. The molecule has 2 aromatic heterocycles. The Morgan fingerprint density at radius 3 is 2.62 bits per heavy atom. The van der Waals surface area contributed by atoms with Crippen LogP contribution in [0.3, 0.4) is 0 Å². The highest BCUT2D eigenvalue weighted by atomic mass is 35.5. The fourth-order valence-corrected chi connectivity index (χ4v) is 2.78. The van der Waals surface area contributed by atoms with Crippen molar-refractivity contribution in [3.8, 4) is 5.75 Å². The van der Waals surface area contributed by atoms with E-state index in [9.17, 15) is 9.59 Å². The Kier molecular flexibility index (Phi) is 3.84. The molecule has 0 saturated heterocycles. The van der Waals surface area contributed by atoms with Crippen LogP contribution in [0.5, 0.6) is 5.75 Å². The minimum Gasteiger partial charge on any atom is -0.495 e. The van der Waals surface area contributed by atoms with Gasteiger partial charge < -0.3 is 15.0 Å². The fourth-order valence-electron chi connectivity index (χ4n) is 2.58. The Balaban J connectivity index is 2.22. The van der Waals surface area contributed by atoms with Gasteiger partial charge in [-0.1, -0.05) is 17.7 Å². The van der Waals surface area contributed by atoms with Gasteiger partial charge in [-0.25, -0.2) is 4.79 Å². The Morgan fingerprint density at radius 1 is 1.25 bits per heavy atom. The highest BCUT2D eigenvalue weighted by molar-refractivity contribution is 6.32. The maximum absolute atomic E-state index is 12.7. The summed E-state index contributed by atoms with van der Waals surface area (Å²) in [6, 6.07) is 5.08. The molecular weight excluding hydrogens is 334 g/mol. The van der Waals surface area contributed by atoms with E-state index in [2.05, 4.69) is 4.98 Å². The summed E-state index contributed by atoms with van der Waals surface area (Å²) in [6.45, 7) is 0.0834. The standard InChI is InChI=1S/C15H16ClN5O3/c1-19-11-12(18-14(19)17)20(2)15(23)21(13(11)22)7-8-4-5-9(16)10(6-8)24-3/h4-6H,7H2,1-3H3,(H2,17,18). The van der Waals surface area contributed by atoms with Crippen LogP contribution in [0, 0.1) is 0 Å². The molecule has 9 heteroatoms. The van der Waals surface area contributed by atoms with Crippen LogP contribution >= 0.6 is 11.6 Å². The third-order valence-corrected chi connectivity index (χ3v) is 4.26. The molecule has 24 heavy (non-hydrogen) atoms. The lowest BCUT2D eigenvalue weighted by molar-refractivity contribution is 0.414. The molecule has 2 N–H and O–H groups in total. The normalized spacial score (nSPS) is 11.2. The number of halogens is 1. The smallest absolute Gasteiger partial charge is 0.332 e. The van der Waals surface area contributed by atoms with Crippen LogP contribution in [0.15, 0.2) is 27.8 Å². The molecule has 0 amide bonds. The lowest BCUT2D eigenvalue weighted by Crippen LogP contribution is -2.39. The molecule has 0 bridgehead atoms. The summed E-state index contributed by atoms with van der Waals surface area (Å²) in [6.07, 6.45) is 0. The molecular formula is C15H16ClN5O3. The van der Waals surface area contributed by atoms with Crippen LogP contribution in [0.2, 0.25) is 5.02 Å². The number of methoxy groups -OCH3 is 1. The first-order chi connectivity index (χ1) is 11.3. The first-order valence-electron chi connectivity index (χ1n) is 7.09. The van der Waals surface area contributed by atoms with Crippen molar-refractivity contribution in [2.24, 2.45) is 14.1 Å². The largest absolute Gasteiger partial charge is 0.495 e. The van der Waals surface area contributed by atoms with Gasteiger partial charge in [0.05, 0.1) is 18.7 Å².